The van der Waals surface area contributed by atoms with E-state index in [9.17, 15) is 9.18 Å². The van der Waals surface area contributed by atoms with Gasteiger partial charge in [-0.1, -0.05) is 50.1 Å². The molecule has 0 radical (unpaired) electrons. The van der Waals surface area contributed by atoms with E-state index >= 15 is 0 Å². The molecule has 1 aliphatic heterocycles. The van der Waals surface area contributed by atoms with Gasteiger partial charge in [0.05, 0.1) is 18.0 Å². The van der Waals surface area contributed by atoms with Crippen LogP contribution in [-0.2, 0) is 9.53 Å². The molecule has 0 bridgehead atoms. The molecule has 2 atom stereocenters. The molecule has 0 saturated carbocycles. The number of carbonyl (C=O) groups excluding carboxylic acids is 1. The van der Waals surface area contributed by atoms with Crippen molar-refractivity contribution in [1.29, 1.82) is 0 Å². The summed E-state index contributed by atoms with van der Waals surface area (Å²) < 4.78 is 18.6. The maximum absolute atomic E-state index is 13.5. The molecule has 0 fully saturated rings. The summed E-state index contributed by atoms with van der Waals surface area (Å²) in [6.07, 6.45) is 2.79. The highest BCUT2D eigenvalue weighted by Crippen LogP contribution is 2.41. The molecule has 1 amide bonds. The van der Waals surface area contributed by atoms with Crippen molar-refractivity contribution in [2.45, 2.75) is 38.6 Å². The van der Waals surface area contributed by atoms with Crippen LogP contribution in [0.25, 0.3) is 0 Å². The zero-order valence-corrected chi connectivity index (χ0v) is 17.9. The summed E-state index contributed by atoms with van der Waals surface area (Å²) in [7, 11) is 1.61. The third-order valence-corrected chi connectivity index (χ3v) is 5.69. The number of nitrogens with one attached hydrogen (secondary N) is 1. The van der Waals surface area contributed by atoms with Gasteiger partial charge in [-0.25, -0.2) is 9.40 Å². The van der Waals surface area contributed by atoms with Crippen LogP contribution in [0.1, 0.15) is 38.7 Å². The maximum atomic E-state index is 13.5. The van der Waals surface area contributed by atoms with E-state index in [0.29, 0.717) is 13.2 Å². The summed E-state index contributed by atoms with van der Waals surface area (Å²) in [6, 6.07) is 16.1. The van der Waals surface area contributed by atoms with Crippen LogP contribution in [0.4, 0.5) is 10.1 Å². The minimum Gasteiger partial charge on any atom is -0.383 e. The van der Waals surface area contributed by atoms with Crippen molar-refractivity contribution < 1.29 is 13.9 Å². The van der Waals surface area contributed by atoms with Gasteiger partial charge in [0, 0.05) is 19.6 Å². The summed E-state index contributed by atoms with van der Waals surface area (Å²) in [6.45, 7) is 4.95. The Kier molecular flexibility index (Phi) is 7.21. The maximum Gasteiger partial charge on any atom is 0.248 e. The Morgan fingerprint density at radius 2 is 1.90 bits per heavy atom. The number of methoxy groups -OCH3 is 1. The van der Waals surface area contributed by atoms with Crippen molar-refractivity contribution >= 4 is 17.3 Å². The van der Waals surface area contributed by atoms with Crippen LogP contribution in [-0.4, -0.2) is 37.4 Å². The monoisotopic (exact) mass is 411 g/mol. The molecular formula is C24H30FN3O2. The zero-order chi connectivity index (χ0) is 21.6. The second-order valence-electron chi connectivity index (χ2n) is 7.73. The highest BCUT2D eigenvalue weighted by Gasteiger charge is 2.53. The standard InChI is InChI=1S/C24H30FN3O2/c1-4-5-11-21-22(18-12-14-19(25)15-13-18)27-28(20-9-7-6-8-10-20)24(21,2)23(29)26-16-17-30-3/h6-10,12-15,21H,4-5,11,16-17H2,1-3H3,(H,26,29). The van der Waals surface area contributed by atoms with Gasteiger partial charge in [0.25, 0.3) is 0 Å². The normalized spacial score (nSPS) is 20.9. The van der Waals surface area contributed by atoms with E-state index in [1.54, 1.807) is 19.2 Å². The third kappa shape index (κ3) is 4.38. The number of hydrogen-bond acceptors (Lipinski definition) is 4. The smallest absolute Gasteiger partial charge is 0.248 e. The lowest BCUT2D eigenvalue weighted by atomic mass is 9.77. The van der Waals surface area contributed by atoms with Gasteiger partial charge in [0.1, 0.15) is 11.4 Å². The number of ether oxygens (including phenoxy) is 1. The number of nitrogens with zero attached hydrogens (tertiary/aromatic N) is 2. The Hall–Kier alpha value is -2.73. The van der Waals surface area contributed by atoms with Crippen molar-refractivity contribution in [3.63, 3.8) is 0 Å². The fourth-order valence-corrected chi connectivity index (χ4v) is 4.00. The second kappa shape index (κ2) is 9.85. The highest BCUT2D eigenvalue weighted by atomic mass is 19.1. The number of rotatable bonds is 9. The van der Waals surface area contributed by atoms with E-state index in [-0.39, 0.29) is 17.6 Å². The first kappa shape index (κ1) is 22.0. The molecule has 0 aromatic heterocycles. The molecule has 6 heteroatoms. The van der Waals surface area contributed by atoms with E-state index in [0.717, 1.165) is 36.2 Å². The molecule has 0 saturated heterocycles. The lowest BCUT2D eigenvalue weighted by Gasteiger charge is -2.37. The number of hydrogen-bond donors (Lipinski definition) is 1. The van der Waals surface area contributed by atoms with E-state index in [1.807, 2.05) is 42.3 Å². The van der Waals surface area contributed by atoms with Gasteiger partial charge in [-0.15, -0.1) is 0 Å². The number of carbonyl (C=O) groups is 1. The SMILES string of the molecule is CCCCC1C(c2ccc(F)cc2)=NN(c2ccccc2)C1(C)C(=O)NCCOC. The number of benzene rings is 2. The van der Waals surface area contributed by atoms with Crippen LogP contribution in [0.2, 0.25) is 0 Å². The molecule has 1 heterocycles. The van der Waals surface area contributed by atoms with Crippen LogP contribution in [0, 0.1) is 11.7 Å². The summed E-state index contributed by atoms with van der Waals surface area (Å²) in [5.41, 5.74) is 1.60. The summed E-state index contributed by atoms with van der Waals surface area (Å²) in [4.78, 5) is 13.5. The fraction of sp³-hybridized carbons (Fsp3) is 0.417. The summed E-state index contributed by atoms with van der Waals surface area (Å²) in [5, 5.41) is 9.77. The first-order valence-corrected chi connectivity index (χ1v) is 10.5. The van der Waals surface area contributed by atoms with Crippen molar-refractivity contribution in [3.05, 3.63) is 66.0 Å². The first-order valence-electron chi connectivity index (χ1n) is 10.5. The summed E-state index contributed by atoms with van der Waals surface area (Å²) in [5.74, 6) is -0.515. The quantitative estimate of drug-likeness (QED) is 0.623. The van der Waals surface area contributed by atoms with Gasteiger partial charge in [-0.3, -0.25) is 4.79 Å². The average molecular weight is 412 g/mol. The van der Waals surface area contributed by atoms with Crippen LogP contribution < -0.4 is 10.3 Å². The second-order valence-corrected chi connectivity index (χ2v) is 7.73. The minimum atomic E-state index is -0.909. The Morgan fingerprint density at radius 1 is 1.20 bits per heavy atom. The molecule has 0 spiro atoms. The topological polar surface area (TPSA) is 53.9 Å². The minimum absolute atomic E-state index is 0.0923. The van der Waals surface area contributed by atoms with Gasteiger partial charge in [-0.2, -0.15) is 5.10 Å². The average Bonchev–Trinajstić information content (AvgIpc) is 3.07. The Balaban J connectivity index is 2.07. The molecule has 5 nitrogen and oxygen atoms in total. The molecular weight excluding hydrogens is 381 g/mol. The molecule has 2 unspecified atom stereocenters. The summed E-state index contributed by atoms with van der Waals surface area (Å²) >= 11 is 0. The number of amides is 1. The van der Waals surface area contributed by atoms with Crippen LogP contribution in [0.5, 0.6) is 0 Å². The zero-order valence-electron chi connectivity index (χ0n) is 17.9. The predicted octanol–water partition coefficient (Wildman–Crippen LogP) is 4.38. The van der Waals surface area contributed by atoms with Crippen molar-refractivity contribution in [2.24, 2.45) is 11.0 Å². The molecule has 30 heavy (non-hydrogen) atoms. The molecule has 2 aromatic rings. The molecule has 0 aliphatic carbocycles. The van der Waals surface area contributed by atoms with Crippen molar-refractivity contribution in [3.8, 4) is 0 Å². The first-order chi connectivity index (χ1) is 14.5. The lowest BCUT2D eigenvalue weighted by molar-refractivity contribution is -0.127. The molecule has 1 aliphatic rings. The predicted molar refractivity (Wildman–Crippen MR) is 118 cm³/mol. The lowest BCUT2D eigenvalue weighted by Crippen LogP contribution is -2.58. The Bertz CT molecular complexity index is 870. The van der Waals surface area contributed by atoms with E-state index in [2.05, 4.69) is 12.2 Å². The Morgan fingerprint density at radius 3 is 2.53 bits per heavy atom. The van der Waals surface area contributed by atoms with E-state index in [1.165, 1.54) is 12.1 Å². The largest absolute Gasteiger partial charge is 0.383 e. The van der Waals surface area contributed by atoms with Crippen molar-refractivity contribution in [2.75, 3.05) is 25.3 Å². The van der Waals surface area contributed by atoms with Crippen molar-refractivity contribution in [1.82, 2.24) is 5.32 Å². The molecule has 3 rings (SSSR count). The van der Waals surface area contributed by atoms with Gasteiger partial charge < -0.3 is 10.1 Å². The van der Waals surface area contributed by atoms with Gasteiger partial charge >= 0.3 is 0 Å². The van der Waals surface area contributed by atoms with Gasteiger partial charge in [0.2, 0.25) is 5.91 Å². The number of hydrazone groups is 1. The van der Waals surface area contributed by atoms with E-state index < -0.39 is 5.54 Å². The number of para-hydroxylation sites is 1. The van der Waals surface area contributed by atoms with E-state index in [4.69, 9.17) is 9.84 Å². The molecule has 1 N–H and O–H groups in total. The van der Waals surface area contributed by atoms with Gasteiger partial charge in [0.15, 0.2) is 0 Å². The fourth-order valence-electron chi connectivity index (χ4n) is 4.00. The van der Waals surface area contributed by atoms with Crippen LogP contribution >= 0.6 is 0 Å². The van der Waals surface area contributed by atoms with Gasteiger partial charge in [-0.05, 0) is 43.2 Å². The van der Waals surface area contributed by atoms with Crippen LogP contribution in [0.3, 0.4) is 0 Å². The third-order valence-electron chi connectivity index (χ3n) is 5.69. The molecule has 2 aromatic carbocycles. The number of unbranched alkanes of at least 4 members (excludes halogenated alkanes) is 1. The highest BCUT2D eigenvalue weighted by molar-refractivity contribution is 6.10. The molecule has 160 valence electrons. The number of anilines is 1. The number of halogens is 1. The Labute approximate surface area is 177 Å². The van der Waals surface area contributed by atoms with Crippen LogP contribution in [0.15, 0.2) is 59.7 Å².